The number of aliphatic hydroxyl groups is 1. The summed E-state index contributed by atoms with van der Waals surface area (Å²) in [6, 6.07) is 4.81. The number of fused-ring (bicyclic) bond motifs is 1. The number of hydrogen-bond donors (Lipinski definition) is 2. The molecule has 0 fully saturated rings. The summed E-state index contributed by atoms with van der Waals surface area (Å²) in [5, 5.41) is 10.5. The molecule has 3 N–H and O–H groups in total. The first kappa shape index (κ1) is 10.7. The molecule has 0 bridgehead atoms. The fourth-order valence-corrected chi connectivity index (χ4v) is 2.00. The Labute approximate surface area is 93.8 Å². The first-order valence-corrected chi connectivity index (χ1v) is 5.22. The van der Waals surface area contributed by atoms with Crippen LogP contribution < -0.4 is 10.5 Å². The topological polar surface area (TPSA) is 55.5 Å². The molecule has 15 heavy (non-hydrogen) atoms. The van der Waals surface area contributed by atoms with E-state index in [0.717, 1.165) is 5.56 Å². The number of aliphatic hydroxyl groups excluding tert-OH is 1. The second kappa shape index (κ2) is 3.37. The van der Waals surface area contributed by atoms with Gasteiger partial charge in [0.2, 0.25) is 0 Å². The molecule has 0 amide bonds. The highest BCUT2D eigenvalue weighted by Crippen LogP contribution is 2.39. The molecule has 1 aromatic rings. The van der Waals surface area contributed by atoms with Gasteiger partial charge in [0.1, 0.15) is 17.5 Å². The molecule has 0 aromatic heterocycles. The SMILES string of the molecule is CC1(C)Oc2ccc(Cl)cc2[C@@H](N)[C@@H]1O. The van der Waals surface area contributed by atoms with Gasteiger partial charge in [0.15, 0.2) is 0 Å². The number of benzene rings is 1. The van der Waals surface area contributed by atoms with Crippen molar-refractivity contribution in [3.63, 3.8) is 0 Å². The molecule has 1 aliphatic heterocycles. The van der Waals surface area contributed by atoms with Crippen LogP contribution in [0.3, 0.4) is 0 Å². The molecule has 2 atom stereocenters. The van der Waals surface area contributed by atoms with E-state index in [1.165, 1.54) is 0 Å². The lowest BCUT2D eigenvalue weighted by Gasteiger charge is -2.40. The quantitative estimate of drug-likeness (QED) is 0.712. The van der Waals surface area contributed by atoms with Crippen LogP contribution in [-0.4, -0.2) is 16.8 Å². The molecule has 1 aromatic carbocycles. The van der Waals surface area contributed by atoms with Gasteiger partial charge in [0, 0.05) is 10.6 Å². The van der Waals surface area contributed by atoms with Crippen LogP contribution in [0.25, 0.3) is 0 Å². The second-order valence-electron chi connectivity index (χ2n) is 4.36. The zero-order chi connectivity index (χ0) is 11.2. The van der Waals surface area contributed by atoms with Crippen LogP contribution in [0.15, 0.2) is 18.2 Å². The molecule has 1 aliphatic rings. The van der Waals surface area contributed by atoms with E-state index in [-0.39, 0.29) is 0 Å². The molecule has 0 radical (unpaired) electrons. The Morgan fingerprint density at radius 1 is 1.47 bits per heavy atom. The average Bonchev–Trinajstić information content (AvgIpc) is 2.16. The maximum absolute atomic E-state index is 9.95. The Morgan fingerprint density at radius 3 is 2.80 bits per heavy atom. The molecular weight excluding hydrogens is 214 g/mol. The molecular formula is C11H14ClNO2. The van der Waals surface area contributed by atoms with Gasteiger partial charge in [-0.1, -0.05) is 11.6 Å². The maximum atomic E-state index is 9.95. The molecule has 0 unspecified atom stereocenters. The van der Waals surface area contributed by atoms with Gasteiger partial charge in [-0.05, 0) is 32.0 Å². The standard InChI is InChI=1S/C11H14ClNO2/c1-11(2)10(14)9(13)7-5-6(12)3-4-8(7)15-11/h3-5,9-10,14H,13H2,1-2H3/t9-,10+/m1/s1. The van der Waals surface area contributed by atoms with E-state index in [4.69, 9.17) is 22.1 Å². The summed E-state index contributed by atoms with van der Waals surface area (Å²) in [5.41, 5.74) is 6.04. The van der Waals surface area contributed by atoms with Crippen LogP contribution in [-0.2, 0) is 0 Å². The smallest absolute Gasteiger partial charge is 0.131 e. The summed E-state index contributed by atoms with van der Waals surface area (Å²) in [7, 11) is 0. The van der Waals surface area contributed by atoms with Crippen LogP contribution >= 0.6 is 11.6 Å². The number of nitrogens with two attached hydrogens (primary N) is 1. The molecule has 0 saturated carbocycles. The molecule has 0 spiro atoms. The van der Waals surface area contributed by atoms with E-state index in [9.17, 15) is 5.11 Å². The Morgan fingerprint density at radius 2 is 2.13 bits per heavy atom. The van der Waals surface area contributed by atoms with Crippen LogP contribution in [0.2, 0.25) is 5.02 Å². The van der Waals surface area contributed by atoms with Crippen molar-refractivity contribution < 1.29 is 9.84 Å². The molecule has 2 rings (SSSR count). The van der Waals surface area contributed by atoms with Gasteiger partial charge in [0.05, 0.1) is 6.04 Å². The predicted molar refractivity (Wildman–Crippen MR) is 59.1 cm³/mol. The zero-order valence-corrected chi connectivity index (χ0v) is 9.45. The molecule has 0 saturated heterocycles. The summed E-state index contributed by atoms with van der Waals surface area (Å²) in [6.07, 6.45) is -0.733. The fraction of sp³-hybridized carbons (Fsp3) is 0.455. The largest absolute Gasteiger partial charge is 0.485 e. The molecule has 0 aliphatic carbocycles. The number of halogens is 1. The van der Waals surface area contributed by atoms with Gasteiger partial charge in [-0.25, -0.2) is 0 Å². The minimum Gasteiger partial charge on any atom is -0.485 e. The second-order valence-corrected chi connectivity index (χ2v) is 4.79. The van der Waals surface area contributed by atoms with E-state index in [1.54, 1.807) is 18.2 Å². The first-order valence-electron chi connectivity index (χ1n) is 4.84. The van der Waals surface area contributed by atoms with Gasteiger partial charge in [-0.3, -0.25) is 0 Å². The van der Waals surface area contributed by atoms with E-state index in [0.29, 0.717) is 10.8 Å². The van der Waals surface area contributed by atoms with Crippen LogP contribution in [0, 0.1) is 0 Å². The summed E-state index contributed by atoms with van der Waals surface area (Å²) in [6.45, 7) is 3.63. The highest BCUT2D eigenvalue weighted by Gasteiger charge is 2.41. The number of hydrogen-bond acceptors (Lipinski definition) is 3. The third kappa shape index (κ3) is 1.71. The lowest BCUT2D eigenvalue weighted by molar-refractivity contribution is -0.0571. The minimum atomic E-state index is -0.733. The van der Waals surface area contributed by atoms with Crippen molar-refractivity contribution in [2.45, 2.75) is 31.6 Å². The van der Waals surface area contributed by atoms with E-state index in [2.05, 4.69) is 0 Å². The van der Waals surface area contributed by atoms with Crippen molar-refractivity contribution >= 4 is 11.6 Å². The van der Waals surface area contributed by atoms with Gasteiger partial charge in [-0.2, -0.15) is 0 Å². The molecule has 3 nitrogen and oxygen atoms in total. The Balaban J connectivity index is 2.50. The average molecular weight is 228 g/mol. The van der Waals surface area contributed by atoms with Gasteiger partial charge in [0.25, 0.3) is 0 Å². The number of rotatable bonds is 0. The summed E-state index contributed by atoms with van der Waals surface area (Å²) in [5.74, 6) is 0.696. The summed E-state index contributed by atoms with van der Waals surface area (Å²) in [4.78, 5) is 0. The third-order valence-corrected chi connectivity index (χ3v) is 2.99. The van der Waals surface area contributed by atoms with E-state index in [1.807, 2.05) is 13.8 Å². The van der Waals surface area contributed by atoms with Gasteiger partial charge >= 0.3 is 0 Å². The van der Waals surface area contributed by atoms with Crippen LogP contribution in [0.5, 0.6) is 5.75 Å². The van der Waals surface area contributed by atoms with E-state index < -0.39 is 17.7 Å². The first-order chi connectivity index (χ1) is 6.92. The Bertz CT molecular complexity index is 392. The van der Waals surface area contributed by atoms with Crippen molar-refractivity contribution in [1.29, 1.82) is 0 Å². The van der Waals surface area contributed by atoms with Crippen molar-refractivity contribution in [2.75, 3.05) is 0 Å². The minimum absolute atomic E-state index is 0.456. The molecule has 1 heterocycles. The highest BCUT2D eigenvalue weighted by atomic mass is 35.5. The summed E-state index contributed by atoms with van der Waals surface area (Å²) >= 11 is 5.87. The normalized spacial score (nSPS) is 28.1. The number of ether oxygens (including phenoxy) is 1. The summed E-state index contributed by atoms with van der Waals surface area (Å²) < 4.78 is 5.67. The van der Waals surface area contributed by atoms with Crippen LogP contribution in [0.1, 0.15) is 25.5 Å². The zero-order valence-electron chi connectivity index (χ0n) is 8.70. The fourth-order valence-electron chi connectivity index (χ4n) is 1.82. The monoisotopic (exact) mass is 227 g/mol. The molecule has 82 valence electrons. The van der Waals surface area contributed by atoms with Crippen LogP contribution in [0.4, 0.5) is 0 Å². The third-order valence-electron chi connectivity index (χ3n) is 2.76. The Hall–Kier alpha value is -0.770. The van der Waals surface area contributed by atoms with Crippen molar-refractivity contribution in [3.05, 3.63) is 28.8 Å². The van der Waals surface area contributed by atoms with Crippen molar-refractivity contribution in [1.82, 2.24) is 0 Å². The van der Waals surface area contributed by atoms with Gasteiger partial charge < -0.3 is 15.6 Å². The lowest BCUT2D eigenvalue weighted by Crippen LogP contribution is -2.51. The van der Waals surface area contributed by atoms with Crippen molar-refractivity contribution in [2.24, 2.45) is 5.73 Å². The van der Waals surface area contributed by atoms with Crippen molar-refractivity contribution in [3.8, 4) is 5.75 Å². The van der Waals surface area contributed by atoms with Gasteiger partial charge in [-0.15, -0.1) is 0 Å². The lowest BCUT2D eigenvalue weighted by atomic mass is 9.87. The predicted octanol–water partition coefficient (Wildman–Crippen LogP) is 1.87. The van der Waals surface area contributed by atoms with E-state index >= 15 is 0 Å². The maximum Gasteiger partial charge on any atom is 0.131 e. The molecule has 4 heteroatoms. The highest BCUT2D eigenvalue weighted by molar-refractivity contribution is 6.30. The Kier molecular flexibility index (Phi) is 2.41.